The number of amides is 1. The predicted molar refractivity (Wildman–Crippen MR) is 170 cm³/mol. The molecule has 1 aromatic carbocycles. The maximum absolute atomic E-state index is 13.2. The average Bonchev–Trinajstić information content (AvgIpc) is 3.51. The van der Waals surface area contributed by atoms with Gasteiger partial charge in [0.25, 0.3) is 0 Å². The van der Waals surface area contributed by atoms with Crippen LogP contribution in [0.3, 0.4) is 0 Å². The minimum Gasteiger partial charge on any atom is -0.365 e. The van der Waals surface area contributed by atoms with Gasteiger partial charge in [0.05, 0.1) is 18.2 Å². The first-order valence-corrected chi connectivity index (χ1v) is 17.6. The number of piperidine rings is 1. The van der Waals surface area contributed by atoms with E-state index in [1.165, 1.54) is 31.2 Å². The van der Waals surface area contributed by atoms with Gasteiger partial charge in [-0.2, -0.15) is 0 Å². The number of hydrogen-bond donors (Lipinski definition) is 1. The van der Waals surface area contributed by atoms with Crippen molar-refractivity contribution in [2.24, 2.45) is 40.9 Å². The lowest BCUT2D eigenvalue weighted by molar-refractivity contribution is -0.130. The zero-order chi connectivity index (χ0) is 29.9. The van der Waals surface area contributed by atoms with Crippen molar-refractivity contribution in [1.82, 2.24) is 10.2 Å². The van der Waals surface area contributed by atoms with Crippen LogP contribution in [0.25, 0.3) is 0 Å². The molecule has 6 aliphatic rings. The normalized spacial score (nSPS) is 42.4. The molecule has 1 aromatic rings. The van der Waals surface area contributed by atoms with Gasteiger partial charge in [0.2, 0.25) is 5.91 Å². The molecule has 0 radical (unpaired) electrons. The van der Waals surface area contributed by atoms with Gasteiger partial charge in [0.1, 0.15) is 5.78 Å². The molecule has 1 amide bonds. The minimum atomic E-state index is -0.189. The van der Waals surface area contributed by atoms with Gasteiger partial charge < -0.3 is 10.1 Å². The summed E-state index contributed by atoms with van der Waals surface area (Å²) in [6, 6.07) is 10.8. The van der Waals surface area contributed by atoms with Crippen LogP contribution < -0.4 is 5.32 Å². The molecule has 5 fully saturated rings. The summed E-state index contributed by atoms with van der Waals surface area (Å²) in [4.78, 5) is 28.0. The van der Waals surface area contributed by atoms with E-state index in [1.54, 1.807) is 11.1 Å². The second-order valence-corrected chi connectivity index (χ2v) is 15.8. The number of nitrogens with zero attached hydrogens (tertiary/aromatic N) is 1. The van der Waals surface area contributed by atoms with Crippen LogP contribution in [0.1, 0.15) is 97.5 Å². The fourth-order valence-electron chi connectivity index (χ4n) is 11.5. The van der Waals surface area contributed by atoms with Crippen LogP contribution in [0.15, 0.2) is 41.5 Å². The Morgan fingerprint density at radius 1 is 1.09 bits per heavy atom. The third kappa shape index (κ3) is 5.05. The van der Waals surface area contributed by atoms with E-state index in [4.69, 9.17) is 4.74 Å². The Morgan fingerprint density at radius 3 is 2.72 bits per heavy atom. The van der Waals surface area contributed by atoms with Crippen LogP contribution in [-0.2, 0) is 20.7 Å². The summed E-state index contributed by atoms with van der Waals surface area (Å²) in [7, 11) is 0. The number of nitrogens with one attached hydrogen (secondary N) is 1. The Labute approximate surface area is 259 Å². The van der Waals surface area contributed by atoms with E-state index in [1.807, 2.05) is 0 Å². The molecular formula is C38H54N2O3. The second-order valence-electron chi connectivity index (χ2n) is 15.8. The summed E-state index contributed by atoms with van der Waals surface area (Å²) >= 11 is 0. The number of fused-ring (bicyclic) bond motifs is 6. The lowest BCUT2D eigenvalue weighted by Gasteiger charge is -2.52. The Hall–Kier alpha value is -1.98. The average molecular weight is 587 g/mol. The molecule has 5 nitrogen and oxygen atoms in total. The van der Waals surface area contributed by atoms with E-state index in [0.29, 0.717) is 47.5 Å². The summed E-state index contributed by atoms with van der Waals surface area (Å²) in [5, 5.41) is 3.23. The topological polar surface area (TPSA) is 58.6 Å². The van der Waals surface area contributed by atoms with Crippen molar-refractivity contribution in [3.05, 3.63) is 47.0 Å². The van der Waals surface area contributed by atoms with Crippen molar-refractivity contribution in [2.45, 2.75) is 116 Å². The molecule has 2 heterocycles. The number of allylic oxidation sites excluding steroid dienone is 1. The molecule has 10 atom stereocenters. The second kappa shape index (κ2) is 11.4. The molecular weight excluding hydrogens is 532 g/mol. The number of ketones is 1. The molecule has 0 bridgehead atoms. The van der Waals surface area contributed by atoms with E-state index in [9.17, 15) is 9.59 Å². The van der Waals surface area contributed by atoms with Crippen molar-refractivity contribution in [3.8, 4) is 0 Å². The number of likely N-dealkylation sites (tertiary alicyclic amines) is 1. The minimum absolute atomic E-state index is 0.154. The largest absolute Gasteiger partial charge is 0.365 e. The van der Waals surface area contributed by atoms with Crippen molar-refractivity contribution >= 4 is 11.7 Å². The number of carbonyl (C=O) groups excluding carboxylic acids is 2. The van der Waals surface area contributed by atoms with E-state index in [0.717, 1.165) is 69.9 Å². The van der Waals surface area contributed by atoms with Crippen molar-refractivity contribution in [1.29, 1.82) is 0 Å². The molecule has 4 aliphatic carbocycles. The standard InChI is InChI=1S/C38H54N2O3/c1-24-19-34-36(40(22-24)23-35(42)39-18-8-11-27-9-6-5-7-10-27)26(3)38(43-34)17-15-30-31-13-12-28-20-29(41)14-16-37(28,4)33(31)21-32(30)25(38)2/h5-7,9-10,24,26,28,30-31,33-34,36H,8,11-23H2,1-4H3,(H,39,42)/t24-,26+,28+,30-,31-,33-,34+,36-,37-,38-/m0/s1. The lowest BCUT2D eigenvalue weighted by atomic mass is 9.52. The Kier molecular flexibility index (Phi) is 7.90. The van der Waals surface area contributed by atoms with Gasteiger partial charge in [0, 0.05) is 37.9 Å². The lowest BCUT2D eigenvalue weighted by Crippen LogP contribution is -2.54. The third-order valence-corrected chi connectivity index (χ3v) is 13.7. The van der Waals surface area contributed by atoms with Gasteiger partial charge >= 0.3 is 0 Å². The van der Waals surface area contributed by atoms with Gasteiger partial charge in [-0.15, -0.1) is 0 Å². The van der Waals surface area contributed by atoms with Crippen LogP contribution in [0.2, 0.25) is 0 Å². The third-order valence-electron chi connectivity index (χ3n) is 13.7. The number of aryl methyl sites for hydroxylation is 1. The van der Waals surface area contributed by atoms with Gasteiger partial charge in [-0.3, -0.25) is 14.5 Å². The fourth-order valence-corrected chi connectivity index (χ4v) is 11.5. The molecule has 2 saturated heterocycles. The zero-order valence-corrected chi connectivity index (χ0v) is 27.1. The Balaban J connectivity index is 1.05. The maximum atomic E-state index is 13.2. The summed E-state index contributed by atoms with van der Waals surface area (Å²) in [6.45, 7) is 11.9. The molecule has 5 heteroatoms. The molecule has 234 valence electrons. The van der Waals surface area contributed by atoms with Crippen LogP contribution in [0.5, 0.6) is 0 Å². The molecule has 0 aromatic heterocycles. The number of rotatable bonds is 6. The highest BCUT2D eigenvalue weighted by atomic mass is 16.5. The smallest absolute Gasteiger partial charge is 0.234 e. The van der Waals surface area contributed by atoms with Crippen LogP contribution in [0.4, 0.5) is 0 Å². The molecule has 43 heavy (non-hydrogen) atoms. The van der Waals surface area contributed by atoms with E-state index >= 15 is 0 Å². The number of Topliss-reactive ketones (excluding diaryl/α,β-unsaturated/α-hetero) is 1. The first-order chi connectivity index (χ1) is 20.7. The van der Waals surface area contributed by atoms with E-state index < -0.39 is 0 Å². The number of carbonyl (C=O) groups is 2. The first kappa shape index (κ1) is 29.7. The SMILES string of the molecule is CC1=C2C[C@H]3[C@@H](CC[C@@H]4CC(=O)CC[C@@]43C)[C@@H]2CC[C@]12O[C@@H]1C[C@H](C)CN(CC(=O)NCCCc3ccccc3)[C@H]1[C@H]2C. The maximum Gasteiger partial charge on any atom is 0.234 e. The van der Waals surface area contributed by atoms with Crippen molar-refractivity contribution < 1.29 is 14.3 Å². The predicted octanol–water partition coefficient (Wildman–Crippen LogP) is 6.75. The number of ether oxygens (including phenoxy) is 1. The van der Waals surface area contributed by atoms with E-state index in [-0.39, 0.29) is 17.6 Å². The first-order valence-electron chi connectivity index (χ1n) is 17.6. The van der Waals surface area contributed by atoms with Gasteiger partial charge in [-0.1, -0.05) is 56.7 Å². The van der Waals surface area contributed by atoms with Crippen molar-refractivity contribution in [2.75, 3.05) is 19.6 Å². The molecule has 1 spiro atoms. The summed E-state index contributed by atoms with van der Waals surface area (Å²) < 4.78 is 7.28. The fraction of sp³-hybridized carbons (Fsp3) is 0.737. The highest BCUT2D eigenvalue weighted by Gasteiger charge is 2.62. The van der Waals surface area contributed by atoms with Crippen LogP contribution in [-0.4, -0.2) is 54.0 Å². The van der Waals surface area contributed by atoms with Crippen molar-refractivity contribution in [3.63, 3.8) is 0 Å². The van der Waals surface area contributed by atoms with Crippen LogP contribution in [0, 0.1) is 40.9 Å². The molecule has 7 rings (SSSR count). The summed E-state index contributed by atoms with van der Waals surface area (Å²) in [5.41, 5.74) is 4.73. The van der Waals surface area contributed by atoms with Gasteiger partial charge in [0.15, 0.2) is 0 Å². The van der Waals surface area contributed by atoms with Gasteiger partial charge in [-0.25, -0.2) is 0 Å². The number of hydrogen-bond acceptors (Lipinski definition) is 4. The molecule has 1 N–H and O–H groups in total. The molecule has 0 unspecified atom stereocenters. The van der Waals surface area contributed by atoms with E-state index in [2.05, 4.69) is 68.2 Å². The molecule has 3 saturated carbocycles. The van der Waals surface area contributed by atoms with Gasteiger partial charge in [-0.05, 0) is 111 Å². The quantitative estimate of drug-likeness (QED) is 0.296. The Bertz CT molecular complexity index is 1260. The highest BCUT2D eigenvalue weighted by Crippen LogP contribution is 2.66. The zero-order valence-electron chi connectivity index (χ0n) is 27.1. The van der Waals surface area contributed by atoms with Crippen LogP contribution >= 0.6 is 0 Å². The summed E-state index contributed by atoms with van der Waals surface area (Å²) in [5.74, 6) is 4.38. The summed E-state index contributed by atoms with van der Waals surface area (Å²) in [6.07, 6.45) is 12.1. The number of benzene rings is 1. The monoisotopic (exact) mass is 586 g/mol. The Morgan fingerprint density at radius 2 is 1.91 bits per heavy atom. The highest BCUT2D eigenvalue weighted by molar-refractivity contribution is 5.79. The molecule has 2 aliphatic heterocycles.